The van der Waals surface area contributed by atoms with Gasteiger partial charge in [0.25, 0.3) is 0 Å². The molecule has 0 aliphatic heterocycles. The average molecular weight is 371 g/mol. The average Bonchev–Trinajstić information content (AvgIpc) is 3.11. The van der Waals surface area contributed by atoms with Crippen molar-refractivity contribution in [2.45, 2.75) is 6.23 Å². The maximum atomic E-state index is 11.2. The predicted octanol–water partition coefficient (Wildman–Crippen LogP) is 2.01. The second-order valence-corrected chi connectivity index (χ2v) is 7.20. The quantitative estimate of drug-likeness (QED) is 0.664. The van der Waals surface area contributed by atoms with Crippen LogP contribution in [0.25, 0.3) is 21.1 Å². The molecule has 0 aliphatic carbocycles. The summed E-state index contributed by atoms with van der Waals surface area (Å²) in [6, 6.07) is 9.00. The van der Waals surface area contributed by atoms with Crippen LogP contribution in [0.15, 0.2) is 42.9 Å². The summed E-state index contributed by atoms with van der Waals surface area (Å²) in [5.74, 6) is 0. The number of hydrogen-bond donors (Lipinski definition) is 2. The summed E-state index contributed by atoms with van der Waals surface area (Å²) in [7, 11) is -1.35. The number of rotatable bonds is 5. The molecule has 0 spiro atoms. The molecule has 2 atom stereocenters. The summed E-state index contributed by atoms with van der Waals surface area (Å²) in [5.41, 5.74) is 2.25. The Kier molecular flexibility index (Phi) is 5.25. The lowest BCUT2D eigenvalue weighted by molar-refractivity contribution is 0.164. The number of thiazole rings is 1. The van der Waals surface area contributed by atoms with Gasteiger partial charge in [-0.1, -0.05) is 6.07 Å². The summed E-state index contributed by atoms with van der Waals surface area (Å²) in [6.45, 7) is 0. The number of nitrogens with zero attached hydrogens (tertiary/aromatic N) is 4. The first kappa shape index (κ1) is 17.3. The number of aromatic nitrogens is 3. The fraction of sp³-hybridized carbons (Fsp3) is 0.125. The number of nitriles is 1. The van der Waals surface area contributed by atoms with Crippen molar-refractivity contribution in [2.75, 3.05) is 6.26 Å². The molecule has 3 rings (SSSR count). The van der Waals surface area contributed by atoms with Crippen molar-refractivity contribution in [1.29, 1.82) is 5.26 Å². The van der Waals surface area contributed by atoms with Gasteiger partial charge in [-0.15, -0.1) is 11.3 Å². The van der Waals surface area contributed by atoms with Crippen LogP contribution < -0.4 is 4.72 Å². The molecule has 0 aromatic carbocycles. The molecule has 7 nitrogen and oxygen atoms in total. The van der Waals surface area contributed by atoms with Gasteiger partial charge >= 0.3 is 0 Å². The summed E-state index contributed by atoms with van der Waals surface area (Å²) in [5, 5.41) is 19.7. The normalized spacial score (nSPS) is 13.2. The van der Waals surface area contributed by atoms with E-state index in [-0.39, 0.29) is 0 Å². The maximum Gasteiger partial charge on any atom is 0.158 e. The lowest BCUT2D eigenvalue weighted by Gasteiger charge is -2.10. The molecule has 3 aromatic heterocycles. The van der Waals surface area contributed by atoms with Gasteiger partial charge in [0.2, 0.25) is 0 Å². The van der Waals surface area contributed by atoms with Crippen molar-refractivity contribution >= 4 is 22.3 Å². The molecular formula is C16H13N5O2S2. The first-order chi connectivity index (χ1) is 12.1. The minimum absolute atomic E-state index is 0.371. The Morgan fingerprint density at radius 2 is 2.20 bits per heavy atom. The highest BCUT2D eigenvalue weighted by molar-refractivity contribution is 7.82. The van der Waals surface area contributed by atoms with Crippen LogP contribution in [-0.4, -0.2) is 30.5 Å². The zero-order valence-corrected chi connectivity index (χ0v) is 14.7. The molecule has 0 saturated heterocycles. The first-order valence-electron chi connectivity index (χ1n) is 7.13. The standard InChI is InChI=1S/C16H13N5O2S2/c1-25(23)21-15(22)13-4-2-3-12(20-13)14-9-19-16(24-14)11-5-10(6-17)7-18-8-11/h2-5,7-9,15,21-22H,1H3. The molecule has 9 heteroatoms. The highest BCUT2D eigenvalue weighted by Gasteiger charge is 2.13. The van der Waals surface area contributed by atoms with Crippen LogP contribution in [0.2, 0.25) is 0 Å². The first-order valence-corrected chi connectivity index (χ1v) is 9.50. The summed E-state index contributed by atoms with van der Waals surface area (Å²) < 4.78 is 13.7. The van der Waals surface area contributed by atoms with Gasteiger partial charge < -0.3 is 5.11 Å². The molecule has 0 amide bonds. The highest BCUT2D eigenvalue weighted by atomic mass is 32.2. The second-order valence-electron chi connectivity index (χ2n) is 5.03. The van der Waals surface area contributed by atoms with Gasteiger partial charge in [0.1, 0.15) is 11.1 Å². The smallest absolute Gasteiger partial charge is 0.158 e. The molecule has 3 aromatic rings. The maximum absolute atomic E-state index is 11.2. The molecule has 0 bridgehead atoms. The topological polar surface area (TPSA) is 112 Å². The Morgan fingerprint density at radius 3 is 2.96 bits per heavy atom. The Bertz CT molecular complexity index is 967. The van der Waals surface area contributed by atoms with Crippen LogP contribution in [0.3, 0.4) is 0 Å². The van der Waals surface area contributed by atoms with Crippen LogP contribution >= 0.6 is 11.3 Å². The van der Waals surface area contributed by atoms with E-state index < -0.39 is 17.2 Å². The third kappa shape index (κ3) is 4.12. The Hall–Kier alpha value is -2.51. The fourth-order valence-corrected chi connectivity index (χ4v) is 3.40. The monoisotopic (exact) mass is 371 g/mol. The molecular weight excluding hydrogens is 358 g/mol. The van der Waals surface area contributed by atoms with E-state index in [1.807, 2.05) is 0 Å². The highest BCUT2D eigenvalue weighted by Crippen LogP contribution is 2.31. The SMILES string of the molecule is CS(=O)NC(O)c1cccc(-c2cnc(-c3cncc(C#N)c3)s2)n1. The second kappa shape index (κ2) is 7.58. The molecule has 0 aliphatic rings. The fourth-order valence-electron chi connectivity index (χ4n) is 2.10. The van der Waals surface area contributed by atoms with E-state index in [9.17, 15) is 9.32 Å². The van der Waals surface area contributed by atoms with Crippen molar-refractivity contribution in [1.82, 2.24) is 19.7 Å². The molecule has 0 radical (unpaired) electrons. The number of aliphatic hydroxyl groups is 1. The van der Waals surface area contributed by atoms with E-state index in [4.69, 9.17) is 5.26 Å². The summed E-state index contributed by atoms with van der Waals surface area (Å²) in [4.78, 5) is 13.6. The Morgan fingerprint density at radius 1 is 1.36 bits per heavy atom. The van der Waals surface area contributed by atoms with E-state index in [2.05, 4.69) is 25.7 Å². The number of nitrogens with one attached hydrogen (secondary N) is 1. The van der Waals surface area contributed by atoms with E-state index in [1.165, 1.54) is 23.8 Å². The van der Waals surface area contributed by atoms with E-state index in [0.29, 0.717) is 17.0 Å². The van der Waals surface area contributed by atoms with Gasteiger partial charge in [-0.25, -0.2) is 18.9 Å². The summed E-state index contributed by atoms with van der Waals surface area (Å²) in [6.07, 6.45) is 5.15. The van der Waals surface area contributed by atoms with Crippen molar-refractivity contribution in [3.63, 3.8) is 0 Å². The third-order valence-corrected chi connectivity index (χ3v) is 4.82. The van der Waals surface area contributed by atoms with E-state index in [0.717, 1.165) is 15.4 Å². The Labute approximate surface area is 150 Å². The van der Waals surface area contributed by atoms with Gasteiger partial charge in [-0.2, -0.15) is 5.26 Å². The van der Waals surface area contributed by atoms with Gasteiger partial charge in [0.15, 0.2) is 6.23 Å². The van der Waals surface area contributed by atoms with Crippen molar-refractivity contribution < 1.29 is 9.32 Å². The van der Waals surface area contributed by atoms with E-state index in [1.54, 1.807) is 36.7 Å². The zero-order valence-electron chi connectivity index (χ0n) is 13.1. The van der Waals surface area contributed by atoms with Crippen LogP contribution in [0.5, 0.6) is 0 Å². The van der Waals surface area contributed by atoms with Crippen molar-refractivity contribution in [3.05, 3.63) is 54.1 Å². The largest absolute Gasteiger partial charge is 0.372 e. The molecule has 25 heavy (non-hydrogen) atoms. The molecule has 126 valence electrons. The number of aliphatic hydroxyl groups excluding tert-OH is 1. The predicted molar refractivity (Wildman–Crippen MR) is 95.5 cm³/mol. The molecule has 0 saturated carbocycles. The van der Waals surface area contributed by atoms with Gasteiger partial charge in [0.05, 0.1) is 32.8 Å². The Balaban J connectivity index is 1.90. The molecule has 3 heterocycles. The lowest BCUT2D eigenvalue weighted by Crippen LogP contribution is -2.23. The minimum atomic E-state index is -1.35. The van der Waals surface area contributed by atoms with Crippen LogP contribution in [0, 0.1) is 11.3 Å². The molecule has 0 fully saturated rings. The van der Waals surface area contributed by atoms with Crippen LogP contribution in [0.1, 0.15) is 17.5 Å². The summed E-state index contributed by atoms with van der Waals surface area (Å²) >= 11 is 1.41. The van der Waals surface area contributed by atoms with E-state index >= 15 is 0 Å². The van der Waals surface area contributed by atoms with Gasteiger partial charge in [0, 0.05) is 30.4 Å². The molecule has 2 N–H and O–H groups in total. The third-order valence-electron chi connectivity index (χ3n) is 3.20. The van der Waals surface area contributed by atoms with Crippen LogP contribution in [0.4, 0.5) is 0 Å². The lowest BCUT2D eigenvalue weighted by atomic mass is 10.2. The molecule has 2 unspecified atom stereocenters. The van der Waals surface area contributed by atoms with Crippen molar-refractivity contribution in [2.24, 2.45) is 0 Å². The van der Waals surface area contributed by atoms with Gasteiger partial charge in [-0.3, -0.25) is 4.98 Å². The minimum Gasteiger partial charge on any atom is -0.372 e. The zero-order chi connectivity index (χ0) is 17.8. The number of pyridine rings is 2. The van der Waals surface area contributed by atoms with Gasteiger partial charge in [-0.05, 0) is 18.2 Å². The van der Waals surface area contributed by atoms with Crippen LogP contribution in [-0.2, 0) is 11.0 Å². The van der Waals surface area contributed by atoms with Crippen molar-refractivity contribution in [3.8, 4) is 27.2 Å². The number of hydrogen-bond acceptors (Lipinski definition) is 7.